The normalized spacial score (nSPS) is 32.7. The first-order valence-electron chi connectivity index (χ1n) is 8.26. The lowest BCUT2D eigenvalue weighted by molar-refractivity contribution is 0.0449. The van der Waals surface area contributed by atoms with E-state index in [2.05, 4.69) is 30.6 Å². The highest BCUT2D eigenvalue weighted by molar-refractivity contribution is 4.96. The van der Waals surface area contributed by atoms with E-state index in [0.717, 1.165) is 12.5 Å². The Labute approximate surface area is 119 Å². The van der Waals surface area contributed by atoms with Gasteiger partial charge in [-0.3, -0.25) is 4.90 Å². The van der Waals surface area contributed by atoms with Crippen LogP contribution in [0.3, 0.4) is 0 Å². The van der Waals surface area contributed by atoms with Gasteiger partial charge in [-0.1, -0.05) is 6.92 Å². The molecule has 2 heterocycles. The minimum absolute atomic E-state index is 0.295. The number of likely N-dealkylation sites (tertiary alicyclic amines) is 2. The van der Waals surface area contributed by atoms with E-state index in [9.17, 15) is 0 Å². The fourth-order valence-electron chi connectivity index (χ4n) is 3.85. The van der Waals surface area contributed by atoms with Gasteiger partial charge in [0.1, 0.15) is 0 Å². The molecule has 3 nitrogen and oxygen atoms in total. The van der Waals surface area contributed by atoms with Gasteiger partial charge < -0.3 is 10.6 Å². The van der Waals surface area contributed by atoms with E-state index in [1.54, 1.807) is 0 Å². The third-order valence-electron chi connectivity index (χ3n) is 5.52. The summed E-state index contributed by atoms with van der Waals surface area (Å²) in [6.07, 6.45) is 6.57. The maximum absolute atomic E-state index is 6.23. The van der Waals surface area contributed by atoms with Crippen LogP contribution in [-0.4, -0.2) is 54.1 Å². The molecule has 0 aliphatic carbocycles. The van der Waals surface area contributed by atoms with Crippen molar-refractivity contribution < 1.29 is 0 Å². The highest BCUT2D eigenvalue weighted by Crippen LogP contribution is 2.32. The molecule has 0 bridgehead atoms. The molecule has 0 amide bonds. The number of rotatable bonds is 3. The first-order valence-corrected chi connectivity index (χ1v) is 8.26. The van der Waals surface area contributed by atoms with Gasteiger partial charge in [0.15, 0.2) is 0 Å². The van der Waals surface area contributed by atoms with E-state index in [0.29, 0.717) is 11.6 Å². The Kier molecular flexibility index (Phi) is 5.27. The molecule has 1 atom stereocenters. The van der Waals surface area contributed by atoms with Gasteiger partial charge in [-0.15, -0.1) is 0 Å². The van der Waals surface area contributed by atoms with Gasteiger partial charge in [-0.25, -0.2) is 0 Å². The SMILES string of the molecule is CC1CCN(C2(CN)CCCN(C(C)C)CC2)CC1. The molecule has 1 unspecified atom stereocenters. The highest BCUT2D eigenvalue weighted by atomic mass is 15.2. The Hall–Kier alpha value is -0.120. The first kappa shape index (κ1) is 15.3. The van der Waals surface area contributed by atoms with Crippen LogP contribution in [0.15, 0.2) is 0 Å². The number of hydrogen-bond donors (Lipinski definition) is 1. The number of nitrogens with two attached hydrogens (primary N) is 1. The van der Waals surface area contributed by atoms with Gasteiger partial charge in [-0.2, -0.15) is 0 Å². The van der Waals surface area contributed by atoms with Crippen molar-refractivity contribution in [3.8, 4) is 0 Å². The van der Waals surface area contributed by atoms with Crippen molar-refractivity contribution in [1.29, 1.82) is 0 Å². The third-order valence-corrected chi connectivity index (χ3v) is 5.52. The van der Waals surface area contributed by atoms with E-state index in [1.165, 1.54) is 58.3 Å². The van der Waals surface area contributed by atoms with Crippen molar-refractivity contribution in [2.24, 2.45) is 11.7 Å². The molecule has 2 rings (SSSR count). The fourth-order valence-corrected chi connectivity index (χ4v) is 3.85. The lowest BCUT2D eigenvalue weighted by Crippen LogP contribution is -2.56. The van der Waals surface area contributed by atoms with Crippen LogP contribution in [0.25, 0.3) is 0 Å². The Morgan fingerprint density at radius 2 is 1.79 bits per heavy atom. The minimum Gasteiger partial charge on any atom is -0.329 e. The molecule has 0 saturated carbocycles. The molecule has 0 aromatic heterocycles. The molecule has 2 N–H and O–H groups in total. The van der Waals surface area contributed by atoms with Crippen LogP contribution in [-0.2, 0) is 0 Å². The number of hydrogen-bond acceptors (Lipinski definition) is 3. The zero-order chi connectivity index (χ0) is 13.9. The van der Waals surface area contributed by atoms with Gasteiger partial charge in [-0.05, 0) is 71.5 Å². The molecule has 0 spiro atoms. The minimum atomic E-state index is 0.295. The van der Waals surface area contributed by atoms with Gasteiger partial charge in [0.05, 0.1) is 0 Å². The lowest BCUT2D eigenvalue weighted by atomic mass is 9.85. The summed E-state index contributed by atoms with van der Waals surface area (Å²) in [4.78, 5) is 5.36. The summed E-state index contributed by atoms with van der Waals surface area (Å²) in [5.74, 6) is 0.906. The standard InChI is InChI=1S/C16H33N3/c1-14(2)18-9-4-7-16(13-17,8-12-18)19-10-5-15(3)6-11-19/h14-15H,4-13,17H2,1-3H3. The van der Waals surface area contributed by atoms with Crippen molar-refractivity contribution in [2.45, 2.75) is 64.5 Å². The Bertz CT molecular complexity index is 271. The van der Waals surface area contributed by atoms with Gasteiger partial charge in [0.25, 0.3) is 0 Å². The molecule has 112 valence electrons. The molecule has 19 heavy (non-hydrogen) atoms. The van der Waals surface area contributed by atoms with E-state index in [1.807, 2.05) is 0 Å². The molecule has 2 aliphatic rings. The Balaban J connectivity index is 2.01. The first-order chi connectivity index (χ1) is 9.07. The monoisotopic (exact) mass is 267 g/mol. The van der Waals surface area contributed by atoms with Crippen LogP contribution in [0.4, 0.5) is 0 Å². The lowest BCUT2D eigenvalue weighted by Gasteiger charge is -2.46. The van der Waals surface area contributed by atoms with Crippen LogP contribution >= 0.6 is 0 Å². The zero-order valence-corrected chi connectivity index (χ0v) is 13.2. The summed E-state index contributed by atoms with van der Waals surface area (Å²) in [5.41, 5.74) is 6.53. The quantitative estimate of drug-likeness (QED) is 0.852. The molecule has 0 aromatic rings. The molecule has 0 radical (unpaired) electrons. The second-order valence-corrected chi connectivity index (χ2v) is 7.08. The smallest absolute Gasteiger partial charge is 0.0344 e. The van der Waals surface area contributed by atoms with Gasteiger partial charge >= 0.3 is 0 Å². The second kappa shape index (κ2) is 6.55. The van der Waals surface area contributed by atoms with Crippen molar-refractivity contribution in [3.63, 3.8) is 0 Å². The van der Waals surface area contributed by atoms with Crippen LogP contribution < -0.4 is 5.73 Å². The van der Waals surface area contributed by atoms with Gasteiger partial charge in [0.2, 0.25) is 0 Å². The predicted octanol–water partition coefficient (Wildman–Crippen LogP) is 2.31. The summed E-state index contributed by atoms with van der Waals surface area (Å²) in [5, 5.41) is 0. The number of nitrogens with zero attached hydrogens (tertiary/aromatic N) is 2. The van der Waals surface area contributed by atoms with Crippen molar-refractivity contribution >= 4 is 0 Å². The Morgan fingerprint density at radius 1 is 1.11 bits per heavy atom. The number of piperidine rings is 1. The van der Waals surface area contributed by atoms with Crippen molar-refractivity contribution in [3.05, 3.63) is 0 Å². The highest BCUT2D eigenvalue weighted by Gasteiger charge is 2.38. The fraction of sp³-hybridized carbons (Fsp3) is 1.00. The molecule has 2 fully saturated rings. The Morgan fingerprint density at radius 3 is 2.37 bits per heavy atom. The summed E-state index contributed by atoms with van der Waals surface area (Å²) >= 11 is 0. The average molecular weight is 267 g/mol. The predicted molar refractivity (Wildman–Crippen MR) is 82.3 cm³/mol. The average Bonchev–Trinajstić information content (AvgIpc) is 2.63. The van der Waals surface area contributed by atoms with Crippen LogP contribution in [0.2, 0.25) is 0 Å². The summed E-state index contributed by atoms with van der Waals surface area (Å²) in [7, 11) is 0. The molecule has 3 heteroatoms. The molecule has 0 aromatic carbocycles. The third kappa shape index (κ3) is 3.50. The van der Waals surface area contributed by atoms with E-state index in [4.69, 9.17) is 5.73 Å². The zero-order valence-electron chi connectivity index (χ0n) is 13.2. The maximum atomic E-state index is 6.23. The summed E-state index contributed by atoms with van der Waals surface area (Å²) in [6, 6.07) is 0.676. The van der Waals surface area contributed by atoms with Crippen LogP contribution in [0, 0.1) is 5.92 Å². The molecular formula is C16H33N3. The van der Waals surface area contributed by atoms with Gasteiger partial charge in [0, 0.05) is 24.7 Å². The largest absolute Gasteiger partial charge is 0.329 e. The van der Waals surface area contributed by atoms with Crippen molar-refractivity contribution in [2.75, 3.05) is 32.7 Å². The van der Waals surface area contributed by atoms with E-state index >= 15 is 0 Å². The molecule has 2 aliphatic heterocycles. The van der Waals surface area contributed by atoms with Crippen LogP contribution in [0.1, 0.15) is 52.9 Å². The second-order valence-electron chi connectivity index (χ2n) is 7.08. The summed E-state index contributed by atoms with van der Waals surface area (Å²) in [6.45, 7) is 12.9. The molecule has 2 saturated heterocycles. The topological polar surface area (TPSA) is 32.5 Å². The molecular weight excluding hydrogens is 234 g/mol. The summed E-state index contributed by atoms with van der Waals surface area (Å²) < 4.78 is 0. The van der Waals surface area contributed by atoms with Crippen LogP contribution in [0.5, 0.6) is 0 Å². The maximum Gasteiger partial charge on any atom is 0.0344 e. The van der Waals surface area contributed by atoms with E-state index < -0.39 is 0 Å². The van der Waals surface area contributed by atoms with E-state index in [-0.39, 0.29) is 0 Å². The van der Waals surface area contributed by atoms with Crippen molar-refractivity contribution in [1.82, 2.24) is 9.80 Å².